The fourth-order valence-electron chi connectivity index (χ4n) is 1.87. The minimum atomic E-state index is -0.797. The highest BCUT2D eigenvalue weighted by molar-refractivity contribution is 9.10. The fourth-order valence-corrected chi connectivity index (χ4v) is 3.27. The third-order valence-corrected chi connectivity index (χ3v) is 4.54. The molecule has 2 rings (SSSR count). The minimum absolute atomic E-state index is 0.183. The Kier molecular flexibility index (Phi) is 4.13. The molecule has 1 aromatic heterocycles. The van der Waals surface area contributed by atoms with Crippen molar-refractivity contribution in [1.29, 1.82) is 5.26 Å². The van der Waals surface area contributed by atoms with Gasteiger partial charge in [-0.1, -0.05) is 34.1 Å². The Labute approximate surface area is 124 Å². The molecule has 0 spiro atoms. The number of ketones is 1. The molecule has 3 nitrogen and oxygen atoms in total. The molecule has 1 aromatic carbocycles. The molecule has 1 unspecified atom stereocenters. The van der Waals surface area contributed by atoms with E-state index < -0.39 is 5.92 Å². The van der Waals surface area contributed by atoms with Gasteiger partial charge in [-0.05, 0) is 25.5 Å². The van der Waals surface area contributed by atoms with Crippen LogP contribution in [0.1, 0.15) is 31.9 Å². The Morgan fingerprint density at radius 3 is 2.63 bits per heavy atom. The Morgan fingerprint density at radius 2 is 2.11 bits per heavy atom. The SMILES string of the molecule is Cc1nc(C)c(C(=O)C(C#N)c2ccccc2Br)s1. The van der Waals surface area contributed by atoms with E-state index >= 15 is 0 Å². The van der Waals surface area contributed by atoms with Gasteiger partial charge in [-0.15, -0.1) is 11.3 Å². The highest BCUT2D eigenvalue weighted by Crippen LogP contribution is 2.30. The van der Waals surface area contributed by atoms with Gasteiger partial charge in [0.2, 0.25) is 0 Å². The van der Waals surface area contributed by atoms with Crippen LogP contribution in [0, 0.1) is 25.2 Å². The van der Waals surface area contributed by atoms with Gasteiger partial charge >= 0.3 is 0 Å². The summed E-state index contributed by atoms with van der Waals surface area (Å²) in [6.45, 7) is 3.65. The van der Waals surface area contributed by atoms with Crippen molar-refractivity contribution in [3.8, 4) is 6.07 Å². The van der Waals surface area contributed by atoms with E-state index in [1.54, 1.807) is 13.0 Å². The average Bonchev–Trinajstić information content (AvgIpc) is 2.71. The molecule has 96 valence electrons. The number of carbonyl (C=O) groups excluding carboxylic acids is 1. The predicted molar refractivity (Wildman–Crippen MR) is 78.4 cm³/mol. The lowest BCUT2D eigenvalue weighted by molar-refractivity contribution is 0.0982. The Hall–Kier alpha value is -1.51. The van der Waals surface area contributed by atoms with Crippen molar-refractivity contribution in [3.63, 3.8) is 0 Å². The molecule has 0 aliphatic carbocycles. The summed E-state index contributed by atoms with van der Waals surface area (Å²) in [7, 11) is 0. The predicted octanol–water partition coefficient (Wildman–Crippen LogP) is 4.01. The summed E-state index contributed by atoms with van der Waals surface area (Å²) in [4.78, 5) is 17.3. The van der Waals surface area contributed by atoms with Crippen molar-refractivity contribution in [2.24, 2.45) is 0 Å². The quantitative estimate of drug-likeness (QED) is 0.796. The van der Waals surface area contributed by atoms with Crippen molar-refractivity contribution in [2.75, 3.05) is 0 Å². The van der Waals surface area contributed by atoms with Crippen molar-refractivity contribution in [3.05, 3.63) is 49.9 Å². The van der Waals surface area contributed by atoms with Crippen LogP contribution in [0.3, 0.4) is 0 Å². The summed E-state index contributed by atoms with van der Waals surface area (Å²) in [5, 5.41) is 10.2. The molecular weight excluding hydrogens is 324 g/mol. The third-order valence-electron chi connectivity index (χ3n) is 2.73. The van der Waals surface area contributed by atoms with E-state index in [-0.39, 0.29) is 5.78 Å². The maximum absolute atomic E-state index is 12.5. The molecule has 0 aliphatic rings. The second kappa shape index (κ2) is 5.64. The minimum Gasteiger partial charge on any atom is -0.291 e. The van der Waals surface area contributed by atoms with E-state index in [4.69, 9.17) is 0 Å². The number of hydrogen-bond donors (Lipinski definition) is 0. The number of benzene rings is 1. The first-order valence-corrected chi connectivity index (χ1v) is 7.28. The summed E-state index contributed by atoms with van der Waals surface area (Å²) in [5.74, 6) is -0.980. The lowest BCUT2D eigenvalue weighted by Gasteiger charge is -2.09. The largest absolute Gasteiger partial charge is 0.291 e. The molecule has 5 heteroatoms. The maximum atomic E-state index is 12.5. The van der Waals surface area contributed by atoms with Crippen molar-refractivity contribution >= 4 is 33.0 Å². The van der Waals surface area contributed by atoms with Crippen LogP contribution in [0.4, 0.5) is 0 Å². The Balaban J connectivity index is 2.44. The number of Topliss-reactive ketones (excluding diaryl/α,β-unsaturated/α-hetero) is 1. The van der Waals surface area contributed by atoms with Crippen LogP contribution < -0.4 is 0 Å². The molecule has 1 heterocycles. The van der Waals surface area contributed by atoms with Crippen LogP contribution in [0.2, 0.25) is 0 Å². The van der Waals surface area contributed by atoms with E-state index in [1.165, 1.54) is 11.3 Å². The van der Waals surface area contributed by atoms with Gasteiger partial charge in [0.15, 0.2) is 5.78 Å². The normalized spacial score (nSPS) is 11.9. The van der Waals surface area contributed by atoms with Gasteiger partial charge < -0.3 is 0 Å². The summed E-state index contributed by atoms with van der Waals surface area (Å²) in [5.41, 5.74) is 1.39. The number of hydrogen-bond acceptors (Lipinski definition) is 4. The van der Waals surface area contributed by atoms with Crippen molar-refractivity contribution < 1.29 is 4.79 Å². The van der Waals surface area contributed by atoms with Crippen LogP contribution in [0.15, 0.2) is 28.7 Å². The molecule has 0 radical (unpaired) electrons. The smallest absolute Gasteiger partial charge is 0.196 e. The third kappa shape index (κ3) is 2.75. The second-order valence-corrected chi connectivity index (χ2v) is 6.15. The van der Waals surface area contributed by atoms with E-state index in [9.17, 15) is 10.1 Å². The number of thiazole rings is 1. The molecule has 0 aliphatic heterocycles. The zero-order valence-corrected chi connectivity index (χ0v) is 12.9. The zero-order chi connectivity index (χ0) is 14.0. The summed E-state index contributed by atoms with van der Waals surface area (Å²) in [6.07, 6.45) is 0. The summed E-state index contributed by atoms with van der Waals surface area (Å²) >= 11 is 4.73. The molecule has 0 fully saturated rings. The van der Waals surface area contributed by atoms with Gasteiger partial charge in [0.05, 0.1) is 21.6 Å². The van der Waals surface area contributed by atoms with Crippen LogP contribution in [-0.4, -0.2) is 10.8 Å². The van der Waals surface area contributed by atoms with Gasteiger partial charge in [0.1, 0.15) is 5.92 Å². The van der Waals surface area contributed by atoms with Gasteiger partial charge in [0, 0.05) is 4.47 Å². The molecular formula is C14H11BrN2OS. The molecule has 0 saturated carbocycles. The highest BCUT2D eigenvalue weighted by Gasteiger charge is 2.26. The Bertz CT molecular complexity index is 672. The van der Waals surface area contributed by atoms with Crippen molar-refractivity contribution in [2.45, 2.75) is 19.8 Å². The van der Waals surface area contributed by atoms with Gasteiger partial charge in [0.25, 0.3) is 0 Å². The average molecular weight is 335 g/mol. The van der Waals surface area contributed by atoms with E-state index in [1.807, 2.05) is 25.1 Å². The van der Waals surface area contributed by atoms with Gasteiger partial charge in [-0.3, -0.25) is 4.79 Å². The number of rotatable bonds is 3. The number of aryl methyl sites for hydroxylation is 2. The fraction of sp³-hybridized carbons (Fsp3) is 0.214. The van der Waals surface area contributed by atoms with E-state index in [0.717, 1.165) is 9.48 Å². The topological polar surface area (TPSA) is 53.8 Å². The molecule has 0 bridgehead atoms. The summed E-state index contributed by atoms with van der Waals surface area (Å²) in [6, 6.07) is 9.39. The molecule has 19 heavy (non-hydrogen) atoms. The Morgan fingerprint density at radius 1 is 1.42 bits per heavy atom. The lowest BCUT2D eigenvalue weighted by atomic mass is 9.95. The van der Waals surface area contributed by atoms with E-state index in [2.05, 4.69) is 27.0 Å². The number of carbonyl (C=O) groups is 1. The number of nitriles is 1. The molecule has 0 N–H and O–H groups in total. The first kappa shape index (κ1) is 13.9. The first-order valence-electron chi connectivity index (χ1n) is 5.67. The number of nitrogens with zero attached hydrogens (tertiary/aromatic N) is 2. The molecule has 2 aromatic rings. The van der Waals surface area contributed by atoms with Crippen LogP contribution in [-0.2, 0) is 0 Å². The van der Waals surface area contributed by atoms with Gasteiger partial charge in [-0.2, -0.15) is 5.26 Å². The second-order valence-electron chi connectivity index (χ2n) is 4.10. The van der Waals surface area contributed by atoms with Crippen LogP contribution in [0.5, 0.6) is 0 Å². The van der Waals surface area contributed by atoms with Gasteiger partial charge in [-0.25, -0.2) is 4.98 Å². The number of halogens is 1. The monoisotopic (exact) mass is 334 g/mol. The number of aromatic nitrogens is 1. The maximum Gasteiger partial charge on any atom is 0.196 e. The summed E-state index contributed by atoms with van der Waals surface area (Å²) < 4.78 is 0.772. The zero-order valence-electron chi connectivity index (χ0n) is 10.5. The lowest BCUT2D eigenvalue weighted by Crippen LogP contribution is -2.11. The van der Waals surface area contributed by atoms with E-state index in [0.29, 0.717) is 16.1 Å². The molecule has 0 amide bonds. The van der Waals surface area contributed by atoms with Crippen LogP contribution >= 0.6 is 27.3 Å². The van der Waals surface area contributed by atoms with Crippen LogP contribution in [0.25, 0.3) is 0 Å². The van der Waals surface area contributed by atoms with Crippen molar-refractivity contribution in [1.82, 2.24) is 4.98 Å². The molecule has 1 atom stereocenters. The highest BCUT2D eigenvalue weighted by atomic mass is 79.9. The first-order chi connectivity index (χ1) is 9.04. The standard InChI is InChI=1S/C14H11BrN2OS/c1-8-14(19-9(2)17-8)13(18)11(7-16)10-5-3-4-6-12(10)15/h3-6,11H,1-2H3. The molecule has 0 saturated heterocycles.